The Morgan fingerprint density at radius 1 is 1.43 bits per heavy atom. The molecule has 0 radical (unpaired) electrons. The summed E-state index contributed by atoms with van der Waals surface area (Å²) in [5.41, 5.74) is 0.608. The number of hydrogen-bond acceptors (Lipinski definition) is 4. The van der Waals surface area contributed by atoms with Gasteiger partial charge in [-0.15, -0.1) is 0 Å². The standard InChI is InChI=1S/C15H19BrN4O/c1-2-3-13(10-17)19-6-8-20(9-7-19)15(21)12-4-5-14(16)18-11-12/h4-5,11,13H,2-3,6-9H2,1H3. The molecule has 1 amide bonds. The van der Waals surface area contributed by atoms with Crippen LogP contribution in [0, 0.1) is 11.3 Å². The van der Waals surface area contributed by atoms with E-state index in [0.717, 1.165) is 30.5 Å². The fourth-order valence-corrected chi connectivity index (χ4v) is 2.76. The third-order valence-electron chi connectivity index (χ3n) is 3.73. The highest BCUT2D eigenvalue weighted by atomic mass is 79.9. The molecule has 2 rings (SSSR count). The first-order valence-electron chi connectivity index (χ1n) is 7.20. The van der Waals surface area contributed by atoms with E-state index in [1.165, 1.54) is 0 Å². The number of carbonyl (C=O) groups is 1. The van der Waals surface area contributed by atoms with Gasteiger partial charge in [-0.05, 0) is 34.5 Å². The van der Waals surface area contributed by atoms with E-state index in [9.17, 15) is 10.1 Å². The Balaban J connectivity index is 1.93. The Bertz CT molecular complexity index is 517. The second-order valence-electron chi connectivity index (χ2n) is 5.13. The molecule has 1 atom stereocenters. The number of aromatic nitrogens is 1. The minimum Gasteiger partial charge on any atom is -0.336 e. The van der Waals surface area contributed by atoms with Crippen LogP contribution >= 0.6 is 15.9 Å². The molecule has 1 aromatic rings. The summed E-state index contributed by atoms with van der Waals surface area (Å²) in [5.74, 6) is 0.0126. The summed E-state index contributed by atoms with van der Waals surface area (Å²) in [6.07, 6.45) is 3.48. The molecule has 0 N–H and O–H groups in total. The largest absolute Gasteiger partial charge is 0.336 e. The first-order valence-corrected chi connectivity index (χ1v) is 7.99. The molecule has 0 aliphatic carbocycles. The molecule has 0 spiro atoms. The Hall–Kier alpha value is -1.45. The molecule has 1 unspecified atom stereocenters. The van der Waals surface area contributed by atoms with Gasteiger partial charge in [-0.2, -0.15) is 5.26 Å². The van der Waals surface area contributed by atoms with Gasteiger partial charge in [-0.25, -0.2) is 4.98 Å². The van der Waals surface area contributed by atoms with Gasteiger partial charge in [0.2, 0.25) is 0 Å². The molecule has 0 aromatic carbocycles. The maximum absolute atomic E-state index is 12.4. The number of rotatable bonds is 4. The molecule has 0 saturated carbocycles. The molecule has 6 heteroatoms. The monoisotopic (exact) mass is 350 g/mol. The highest BCUT2D eigenvalue weighted by Crippen LogP contribution is 2.14. The molecule has 112 valence electrons. The number of amides is 1. The van der Waals surface area contributed by atoms with E-state index in [2.05, 4.69) is 38.8 Å². The molecule has 1 aliphatic rings. The summed E-state index contributed by atoms with van der Waals surface area (Å²) in [6, 6.07) is 5.89. The molecule has 2 heterocycles. The van der Waals surface area contributed by atoms with Crippen molar-refractivity contribution in [2.75, 3.05) is 26.2 Å². The summed E-state index contributed by atoms with van der Waals surface area (Å²) in [5, 5.41) is 9.20. The zero-order valence-electron chi connectivity index (χ0n) is 12.1. The smallest absolute Gasteiger partial charge is 0.255 e. The zero-order valence-corrected chi connectivity index (χ0v) is 13.7. The second-order valence-corrected chi connectivity index (χ2v) is 5.94. The summed E-state index contributed by atoms with van der Waals surface area (Å²) in [6.45, 7) is 4.93. The van der Waals surface area contributed by atoms with Crippen LogP contribution in [0.2, 0.25) is 0 Å². The number of pyridine rings is 1. The normalized spacial score (nSPS) is 17.3. The third kappa shape index (κ3) is 4.02. The lowest BCUT2D eigenvalue weighted by molar-refractivity contribution is 0.0601. The number of carbonyl (C=O) groups excluding carboxylic acids is 1. The van der Waals surface area contributed by atoms with Crippen molar-refractivity contribution in [2.24, 2.45) is 0 Å². The van der Waals surface area contributed by atoms with Crippen LogP contribution in [0.1, 0.15) is 30.1 Å². The van der Waals surface area contributed by atoms with Crippen molar-refractivity contribution < 1.29 is 4.79 Å². The van der Waals surface area contributed by atoms with Crippen molar-refractivity contribution >= 4 is 21.8 Å². The Morgan fingerprint density at radius 3 is 2.67 bits per heavy atom. The molecule has 21 heavy (non-hydrogen) atoms. The molecule has 1 aliphatic heterocycles. The molecule has 0 bridgehead atoms. The molecule has 1 saturated heterocycles. The van der Waals surface area contributed by atoms with Crippen molar-refractivity contribution in [2.45, 2.75) is 25.8 Å². The van der Waals surface area contributed by atoms with E-state index < -0.39 is 0 Å². The van der Waals surface area contributed by atoms with Gasteiger partial charge in [-0.1, -0.05) is 13.3 Å². The van der Waals surface area contributed by atoms with Crippen molar-refractivity contribution in [1.82, 2.24) is 14.8 Å². The lowest BCUT2D eigenvalue weighted by Crippen LogP contribution is -2.51. The molecular weight excluding hydrogens is 332 g/mol. The maximum atomic E-state index is 12.4. The van der Waals surface area contributed by atoms with Gasteiger partial charge < -0.3 is 4.90 Å². The number of hydrogen-bond donors (Lipinski definition) is 0. The lowest BCUT2D eigenvalue weighted by atomic mass is 10.1. The molecule has 1 fully saturated rings. The van der Waals surface area contributed by atoms with E-state index in [-0.39, 0.29) is 11.9 Å². The predicted molar refractivity (Wildman–Crippen MR) is 83.7 cm³/mol. The van der Waals surface area contributed by atoms with Gasteiger partial charge in [0.25, 0.3) is 5.91 Å². The first kappa shape index (κ1) is 15.9. The number of piperazine rings is 1. The highest BCUT2D eigenvalue weighted by molar-refractivity contribution is 9.10. The highest BCUT2D eigenvalue weighted by Gasteiger charge is 2.26. The van der Waals surface area contributed by atoms with Gasteiger partial charge >= 0.3 is 0 Å². The lowest BCUT2D eigenvalue weighted by Gasteiger charge is -2.36. The SMILES string of the molecule is CCCC(C#N)N1CCN(C(=O)c2ccc(Br)nc2)CC1. The summed E-state index contributed by atoms with van der Waals surface area (Å²) >= 11 is 3.26. The Labute approximate surface area is 133 Å². The van der Waals surface area contributed by atoms with Crippen LogP contribution in [0.15, 0.2) is 22.9 Å². The summed E-state index contributed by atoms with van der Waals surface area (Å²) in [7, 11) is 0. The average molecular weight is 351 g/mol. The molecule has 5 nitrogen and oxygen atoms in total. The van der Waals surface area contributed by atoms with Crippen molar-refractivity contribution in [1.29, 1.82) is 5.26 Å². The average Bonchev–Trinajstić information content (AvgIpc) is 2.53. The first-order chi connectivity index (χ1) is 10.2. The fourth-order valence-electron chi connectivity index (χ4n) is 2.52. The zero-order chi connectivity index (χ0) is 15.2. The number of nitrogens with zero attached hydrogens (tertiary/aromatic N) is 4. The molecule has 1 aromatic heterocycles. The van der Waals surface area contributed by atoms with Crippen LogP contribution in [0.5, 0.6) is 0 Å². The summed E-state index contributed by atoms with van der Waals surface area (Å²) in [4.78, 5) is 20.5. The van der Waals surface area contributed by atoms with Crippen LogP contribution in [0.4, 0.5) is 0 Å². The van der Waals surface area contributed by atoms with Gasteiger partial charge in [0.1, 0.15) is 4.60 Å². The third-order valence-corrected chi connectivity index (χ3v) is 4.20. The van der Waals surface area contributed by atoms with Crippen LogP contribution in [0.3, 0.4) is 0 Å². The topological polar surface area (TPSA) is 60.2 Å². The van der Waals surface area contributed by atoms with Crippen LogP contribution in [-0.2, 0) is 0 Å². The molecular formula is C15H19BrN4O. The number of nitriles is 1. The minimum atomic E-state index is -0.0263. The Kier molecular flexibility index (Phi) is 5.71. The minimum absolute atomic E-state index is 0.0126. The predicted octanol–water partition coefficient (Wildman–Crippen LogP) is 2.29. The Morgan fingerprint density at radius 2 is 2.14 bits per heavy atom. The van der Waals surface area contributed by atoms with Crippen LogP contribution in [-0.4, -0.2) is 52.9 Å². The van der Waals surface area contributed by atoms with Gasteiger partial charge in [0.05, 0.1) is 17.7 Å². The van der Waals surface area contributed by atoms with E-state index in [1.54, 1.807) is 18.3 Å². The van der Waals surface area contributed by atoms with E-state index >= 15 is 0 Å². The van der Waals surface area contributed by atoms with Crippen molar-refractivity contribution in [3.8, 4) is 6.07 Å². The van der Waals surface area contributed by atoms with Gasteiger partial charge in [0, 0.05) is 32.4 Å². The summed E-state index contributed by atoms with van der Waals surface area (Å²) < 4.78 is 0.722. The quantitative estimate of drug-likeness (QED) is 0.781. The fraction of sp³-hybridized carbons (Fsp3) is 0.533. The van der Waals surface area contributed by atoms with E-state index in [1.807, 2.05) is 4.90 Å². The number of halogens is 1. The van der Waals surface area contributed by atoms with Crippen molar-refractivity contribution in [3.63, 3.8) is 0 Å². The van der Waals surface area contributed by atoms with Gasteiger partial charge in [-0.3, -0.25) is 9.69 Å². The van der Waals surface area contributed by atoms with E-state index in [0.29, 0.717) is 18.7 Å². The van der Waals surface area contributed by atoms with Crippen LogP contribution < -0.4 is 0 Å². The van der Waals surface area contributed by atoms with Gasteiger partial charge in [0.15, 0.2) is 0 Å². The van der Waals surface area contributed by atoms with Crippen molar-refractivity contribution in [3.05, 3.63) is 28.5 Å². The van der Waals surface area contributed by atoms with E-state index in [4.69, 9.17) is 0 Å². The van der Waals surface area contributed by atoms with Crippen LogP contribution in [0.25, 0.3) is 0 Å². The second kappa shape index (κ2) is 7.53. The maximum Gasteiger partial charge on any atom is 0.255 e.